The molecule has 3 N–H and O–H groups in total. The molecule has 3 atom stereocenters. The van der Waals surface area contributed by atoms with Crippen molar-refractivity contribution < 1.29 is 9.90 Å². The maximum Gasteiger partial charge on any atom is 0.237 e. The number of hydrogen-bond acceptors (Lipinski definition) is 3. The summed E-state index contributed by atoms with van der Waals surface area (Å²) in [4.78, 5) is 12.0. The molecule has 0 aromatic rings. The van der Waals surface area contributed by atoms with Gasteiger partial charge in [-0.1, -0.05) is 19.3 Å². The summed E-state index contributed by atoms with van der Waals surface area (Å²) in [5.74, 6) is 0.693. The van der Waals surface area contributed by atoms with E-state index in [9.17, 15) is 9.90 Å². The Labute approximate surface area is 103 Å². The molecule has 0 bridgehead atoms. The van der Waals surface area contributed by atoms with Gasteiger partial charge in [-0.3, -0.25) is 4.79 Å². The Kier molecular flexibility index (Phi) is 4.40. The number of carbonyl (C=O) groups is 1. The molecule has 1 aliphatic heterocycles. The van der Waals surface area contributed by atoms with Crippen LogP contribution in [0.3, 0.4) is 0 Å². The highest BCUT2D eigenvalue weighted by molar-refractivity contribution is 5.82. The Bertz CT molecular complexity index is 264. The van der Waals surface area contributed by atoms with Crippen LogP contribution in [0.5, 0.6) is 0 Å². The molecule has 2 aliphatic rings. The number of rotatable bonds is 3. The lowest BCUT2D eigenvalue weighted by molar-refractivity contribution is -0.124. The first-order valence-corrected chi connectivity index (χ1v) is 6.88. The minimum atomic E-state index is -0.365. The van der Waals surface area contributed by atoms with Crippen LogP contribution in [0.15, 0.2) is 0 Å². The van der Waals surface area contributed by atoms with E-state index in [0.29, 0.717) is 18.9 Å². The van der Waals surface area contributed by atoms with Crippen molar-refractivity contribution in [2.75, 3.05) is 6.54 Å². The number of nitrogens with one attached hydrogen (secondary N) is 2. The van der Waals surface area contributed by atoms with E-state index in [1.54, 1.807) is 0 Å². The summed E-state index contributed by atoms with van der Waals surface area (Å²) < 4.78 is 0. The molecule has 1 aliphatic carbocycles. The third kappa shape index (κ3) is 3.42. The second-order valence-electron chi connectivity index (χ2n) is 5.55. The summed E-state index contributed by atoms with van der Waals surface area (Å²) in [5, 5.41) is 15.5. The van der Waals surface area contributed by atoms with E-state index in [0.717, 1.165) is 0 Å². The minimum Gasteiger partial charge on any atom is -0.392 e. The van der Waals surface area contributed by atoms with Crippen molar-refractivity contribution in [1.29, 1.82) is 0 Å². The van der Waals surface area contributed by atoms with E-state index in [-0.39, 0.29) is 24.1 Å². The van der Waals surface area contributed by atoms with Crippen LogP contribution >= 0.6 is 0 Å². The fourth-order valence-corrected chi connectivity index (χ4v) is 2.99. The molecule has 0 aromatic carbocycles. The zero-order valence-corrected chi connectivity index (χ0v) is 10.6. The van der Waals surface area contributed by atoms with Gasteiger partial charge in [0.15, 0.2) is 0 Å². The standard InChI is InChI=1S/C13H24N2O2/c1-9(10-5-3-2-4-6-10)15-13(17)12-7-11(16)8-14-12/h9-12,14,16H,2-8H2,1H3,(H,15,17). The SMILES string of the molecule is CC(NC(=O)C1CC(O)CN1)C1CCCCC1. The minimum absolute atomic E-state index is 0.0552. The maximum absolute atomic E-state index is 12.0. The number of carbonyl (C=O) groups excluding carboxylic acids is 1. The summed E-state index contributed by atoms with van der Waals surface area (Å²) in [6, 6.07) is 0.0679. The molecule has 1 saturated heterocycles. The van der Waals surface area contributed by atoms with Crippen molar-refractivity contribution in [3.05, 3.63) is 0 Å². The molecule has 1 saturated carbocycles. The van der Waals surface area contributed by atoms with Crippen molar-refractivity contribution in [1.82, 2.24) is 10.6 Å². The third-order valence-corrected chi connectivity index (χ3v) is 4.15. The van der Waals surface area contributed by atoms with E-state index >= 15 is 0 Å². The molecule has 98 valence electrons. The second-order valence-corrected chi connectivity index (χ2v) is 5.55. The van der Waals surface area contributed by atoms with Crippen molar-refractivity contribution in [2.45, 2.75) is 63.6 Å². The predicted molar refractivity (Wildman–Crippen MR) is 66.6 cm³/mol. The van der Waals surface area contributed by atoms with Gasteiger partial charge in [-0.25, -0.2) is 0 Å². The fourth-order valence-electron chi connectivity index (χ4n) is 2.99. The normalized spacial score (nSPS) is 32.4. The maximum atomic E-state index is 12.0. The largest absolute Gasteiger partial charge is 0.392 e. The highest BCUT2D eigenvalue weighted by Crippen LogP contribution is 2.26. The summed E-state index contributed by atoms with van der Waals surface area (Å²) in [6.45, 7) is 2.65. The van der Waals surface area contributed by atoms with Crippen molar-refractivity contribution >= 4 is 5.91 Å². The molecule has 2 rings (SSSR count). The quantitative estimate of drug-likeness (QED) is 0.683. The Hall–Kier alpha value is -0.610. The van der Waals surface area contributed by atoms with Crippen LogP contribution < -0.4 is 10.6 Å². The lowest BCUT2D eigenvalue weighted by Gasteiger charge is -2.29. The van der Waals surface area contributed by atoms with E-state index in [2.05, 4.69) is 17.6 Å². The van der Waals surface area contributed by atoms with Gasteiger partial charge in [0, 0.05) is 12.6 Å². The second kappa shape index (κ2) is 5.83. The van der Waals surface area contributed by atoms with Gasteiger partial charge >= 0.3 is 0 Å². The van der Waals surface area contributed by atoms with Crippen LogP contribution in [0, 0.1) is 5.92 Å². The van der Waals surface area contributed by atoms with Gasteiger partial charge in [-0.2, -0.15) is 0 Å². The van der Waals surface area contributed by atoms with Gasteiger partial charge in [0.2, 0.25) is 5.91 Å². The average molecular weight is 240 g/mol. The highest BCUT2D eigenvalue weighted by Gasteiger charge is 2.30. The van der Waals surface area contributed by atoms with Crippen LogP contribution in [0.2, 0.25) is 0 Å². The first kappa shape index (κ1) is 12.8. The Balaban J connectivity index is 1.77. The predicted octanol–water partition coefficient (Wildman–Crippen LogP) is 0.794. The fraction of sp³-hybridized carbons (Fsp3) is 0.923. The smallest absolute Gasteiger partial charge is 0.237 e. The number of hydrogen-bond donors (Lipinski definition) is 3. The van der Waals surface area contributed by atoms with Gasteiger partial charge in [-0.05, 0) is 32.1 Å². The zero-order chi connectivity index (χ0) is 12.3. The molecule has 1 heterocycles. The van der Waals surface area contributed by atoms with Crippen LogP contribution in [-0.2, 0) is 4.79 Å². The Morgan fingerprint density at radius 3 is 2.65 bits per heavy atom. The van der Waals surface area contributed by atoms with Gasteiger partial charge in [0.05, 0.1) is 12.1 Å². The van der Waals surface area contributed by atoms with Crippen LogP contribution in [-0.4, -0.2) is 35.7 Å². The molecule has 0 aromatic heterocycles. The Morgan fingerprint density at radius 1 is 1.35 bits per heavy atom. The van der Waals surface area contributed by atoms with E-state index < -0.39 is 0 Å². The van der Waals surface area contributed by atoms with Gasteiger partial charge in [-0.15, -0.1) is 0 Å². The third-order valence-electron chi connectivity index (χ3n) is 4.15. The highest BCUT2D eigenvalue weighted by atomic mass is 16.3. The van der Waals surface area contributed by atoms with Gasteiger partial charge in [0.1, 0.15) is 0 Å². The molecule has 0 spiro atoms. The monoisotopic (exact) mass is 240 g/mol. The zero-order valence-electron chi connectivity index (χ0n) is 10.6. The van der Waals surface area contributed by atoms with Crippen molar-refractivity contribution in [3.8, 4) is 0 Å². The number of aliphatic hydroxyl groups excluding tert-OH is 1. The molecule has 2 fully saturated rings. The van der Waals surface area contributed by atoms with Crippen LogP contribution in [0.1, 0.15) is 45.4 Å². The first-order valence-electron chi connectivity index (χ1n) is 6.88. The number of amides is 1. The van der Waals surface area contributed by atoms with Crippen LogP contribution in [0.25, 0.3) is 0 Å². The molecular formula is C13H24N2O2. The van der Waals surface area contributed by atoms with E-state index in [1.807, 2.05) is 0 Å². The summed E-state index contributed by atoms with van der Waals surface area (Å²) in [7, 11) is 0. The van der Waals surface area contributed by atoms with Gasteiger partial charge in [0.25, 0.3) is 0 Å². The average Bonchev–Trinajstić information content (AvgIpc) is 2.77. The lowest BCUT2D eigenvalue weighted by atomic mass is 9.84. The van der Waals surface area contributed by atoms with Crippen molar-refractivity contribution in [2.24, 2.45) is 5.92 Å². The summed E-state index contributed by atoms with van der Waals surface area (Å²) in [5.41, 5.74) is 0. The molecule has 1 amide bonds. The first-order chi connectivity index (χ1) is 8.16. The van der Waals surface area contributed by atoms with Gasteiger partial charge < -0.3 is 15.7 Å². The number of β-amino-alcohol motifs (C(OH)–C–C–N with tert-alkyl or cyclic N) is 1. The van der Waals surface area contributed by atoms with E-state index in [4.69, 9.17) is 0 Å². The lowest BCUT2D eigenvalue weighted by Crippen LogP contribution is -2.46. The molecule has 17 heavy (non-hydrogen) atoms. The summed E-state index contributed by atoms with van der Waals surface area (Å²) >= 11 is 0. The molecule has 4 heteroatoms. The van der Waals surface area contributed by atoms with E-state index in [1.165, 1.54) is 32.1 Å². The molecule has 3 unspecified atom stereocenters. The summed E-state index contributed by atoms with van der Waals surface area (Å²) in [6.07, 6.45) is 6.59. The molecule has 4 nitrogen and oxygen atoms in total. The topological polar surface area (TPSA) is 61.4 Å². The van der Waals surface area contributed by atoms with Crippen molar-refractivity contribution in [3.63, 3.8) is 0 Å². The molecular weight excluding hydrogens is 216 g/mol. The van der Waals surface area contributed by atoms with Crippen LogP contribution in [0.4, 0.5) is 0 Å². The molecule has 0 radical (unpaired) electrons. The Morgan fingerprint density at radius 2 is 2.06 bits per heavy atom. The number of aliphatic hydroxyl groups is 1.